The van der Waals surface area contributed by atoms with E-state index in [9.17, 15) is 19.6 Å². The predicted octanol–water partition coefficient (Wildman–Crippen LogP) is 4.27. The maximum Gasteiger partial charge on any atom is 0.309 e. The van der Waals surface area contributed by atoms with E-state index in [-0.39, 0.29) is 28.9 Å². The highest BCUT2D eigenvalue weighted by molar-refractivity contribution is 8.26. The second-order valence-electron chi connectivity index (χ2n) is 9.48. The Hall–Kier alpha value is -3.42. The number of hydrogen-bond donors (Lipinski definition) is 0. The number of rotatable bonds is 8. The standard InChI is InChI=1S/C29H32N4O4S2/c1-4-32-25(31-14-12-21(13-15-31)28(36)37-5-2)22(19(3)23(18-30)26(32)34)17-24-27(35)33(29(38)39-24)16-11-20-9-7-6-8-10-20/h6-10,17,21H,4-5,11-16H2,1-3H3/b24-17-. The summed E-state index contributed by atoms with van der Waals surface area (Å²) in [5.41, 5.74) is 2.02. The molecule has 1 aromatic heterocycles. The van der Waals surface area contributed by atoms with Crippen LogP contribution >= 0.6 is 24.0 Å². The molecular formula is C29H32N4O4S2. The number of carbonyl (C=O) groups is 2. The molecule has 0 unspecified atom stereocenters. The average molecular weight is 565 g/mol. The highest BCUT2D eigenvalue weighted by atomic mass is 32.2. The minimum Gasteiger partial charge on any atom is -0.466 e. The Kier molecular flexibility index (Phi) is 9.25. The van der Waals surface area contributed by atoms with Gasteiger partial charge in [-0.15, -0.1) is 0 Å². The van der Waals surface area contributed by atoms with E-state index in [0.717, 1.165) is 5.56 Å². The second-order valence-corrected chi connectivity index (χ2v) is 11.2. The fraction of sp³-hybridized carbons (Fsp3) is 0.414. The van der Waals surface area contributed by atoms with Gasteiger partial charge in [-0.3, -0.25) is 23.9 Å². The number of amides is 1. The Morgan fingerprint density at radius 2 is 1.90 bits per heavy atom. The molecular weight excluding hydrogens is 532 g/mol. The van der Waals surface area contributed by atoms with E-state index in [0.29, 0.717) is 78.2 Å². The Morgan fingerprint density at radius 3 is 2.51 bits per heavy atom. The average Bonchev–Trinajstić information content (AvgIpc) is 3.21. The van der Waals surface area contributed by atoms with E-state index >= 15 is 0 Å². The lowest BCUT2D eigenvalue weighted by Crippen LogP contribution is -2.41. The summed E-state index contributed by atoms with van der Waals surface area (Å²) in [6, 6.07) is 12.0. The number of ether oxygens (including phenoxy) is 1. The van der Waals surface area contributed by atoms with Crippen molar-refractivity contribution in [2.75, 3.05) is 31.1 Å². The molecule has 0 atom stereocenters. The SMILES string of the molecule is CCOC(=O)C1CCN(c2c(/C=C3\SC(=S)N(CCc4ccccc4)C3=O)c(C)c(C#N)c(=O)n2CC)CC1. The number of esters is 1. The van der Waals surface area contributed by atoms with Crippen molar-refractivity contribution in [2.45, 2.75) is 46.6 Å². The van der Waals surface area contributed by atoms with Gasteiger partial charge in [-0.2, -0.15) is 5.26 Å². The van der Waals surface area contributed by atoms with Crippen LogP contribution in [0.25, 0.3) is 6.08 Å². The quantitative estimate of drug-likeness (QED) is 0.267. The number of carbonyl (C=O) groups excluding carboxylic acids is 2. The molecule has 2 aliphatic heterocycles. The molecule has 3 heterocycles. The molecule has 2 aromatic rings. The van der Waals surface area contributed by atoms with Gasteiger partial charge in [0.05, 0.1) is 17.4 Å². The van der Waals surface area contributed by atoms with Gasteiger partial charge < -0.3 is 9.64 Å². The van der Waals surface area contributed by atoms with Crippen molar-refractivity contribution in [2.24, 2.45) is 5.92 Å². The second kappa shape index (κ2) is 12.6. The van der Waals surface area contributed by atoms with Gasteiger partial charge in [0.15, 0.2) is 0 Å². The van der Waals surface area contributed by atoms with Crippen molar-refractivity contribution in [3.63, 3.8) is 0 Å². The number of anilines is 1. The fourth-order valence-corrected chi connectivity index (χ4v) is 6.37. The summed E-state index contributed by atoms with van der Waals surface area (Å²) in [6.07, 6.45) is 3.64. The first-order valence-electron chi connectivity index (χ1n) is 13.2. The first-order chi connectivity index (χ1) is 18.8. The number of piperidine rings is 1. The highest BCUT2D eigenvalue weighted by Gasteiger charge is 2.34. The molecule has 0 radical (unpaired) electrons. The number of pyridine rings is 1. The van der Waals surface area contributed by atoms with Crippen molar-refractivity contribution in [3.8, 4) is 6.07 Å². The largest absolute Gasteiger partial charge is 0.466 e. The molecule has 1 amide bonds. The third kappa shape index (κ3) is 5.94. The van der Waals surface area contributed by atoms with Crippen LogP contribution in [0.15, 0.2) is 40.0 Å². The van der Waals surface area contributed by atoms with Crippen LogP contribution in [0.2, 0.25) is 0 Å². The molecule has 0 saturated carbocycles. The summed E-state index contributed by atoms with van der Waals surface area (Å²) >= 11 is 6.79. The summed E-state index contributed by atoms with van der Waals surface area (Å²) in [4.78, 5) is 43.2. The summed E-state index contributed by atoms with van der Waals surface area (Å²) in [6.45, 7) is 7.67. The van der Waals surface area contributed by atoms with E-state index in [1.54, 1.807) is 29.4 Å². The van der Waals surface area contributed by atoms with Crippen LogP contribution in [0.4, 0.5) is 5.82 Å². The van der Waals surface area contributed by atoms with Crippen LogP contribution < -0.4 is 10.5 Å². The van der Waals surface area contributed by atoms with Gasteiger partial charge in [0.25, 0.3) is 11.5 Å². The molecule has 2 saturated heterocycles. The van der Waals surface area contributed by atoms with E-state index in [1.807, 2.05) is 37.3 Å². The normalized spacial score (nSPS) is 17.1. The van der Waals surface area contributed by atoms with Crippen molar-refractivity contribution in [1.29, 1.82) is 5.26 Å². The van der Waals surface area contributed by atoms with Gasteiger partial charge in [0.1, 0.15) is 21.8 Å². The minimum atomic E-state index is -0.354. The molecule has 2 aliphatic rings. The number of nitrogens with zero attached hydrogens (tertiary/aromatic N) is 4. The van der Waals surface area contributed by atoms with Crippen LogP contribution in [0.5, 0.6) is 0 Å². The summed E-state index contributed by atoms with van der Waals surface area (Å²) < 4.78 is 7.30. The molecule has 2 fully saturated rings. The lowest BCUT2D eigenvalue weighted by atomic mass is 9.95. The Bertz CT molecular complexity index is 1400. The molecule has 8 nitrogen and oxygen atoms in total. The van der Waals surface area contributed by atoms with Gasteiger partial charge in [-0.25, -0.2) is 0 Å². The lowest BCUT2D eigenvalue weighted by molar-refractivity contribution is -0.148. The summed E-state index contributed by atoms with van der Waals surface area (Å²) in [5, 5.41) is 9.82. The maximum atomic E-state index is 13.4. The van der Waals surface area contributed by atoms with E-state index in [4.69, 9.17) is 17.0 Å². The monoisotopic (exact) mass is 564 g/mol. The molecule has 0 N–H and O–H groups in total. The number of thioether (sulfide) groups is 1. The van der Waals surface area contributed by atoms with Gasteiger partial charge in [0, 0.05) is 31.7 Å². The zero-order chi connectivity index (χ0) is 28.1. The maximum absolute atomic E-state index is 13.4. The Balaban J connectivity index is 1.69. The van der Waals surface area contributed by atoms with E-state index < -0.39 is 0 Å². The molecule has 1 aromatic carbocycles. The Labute approximate surface area is 238 Å². The molecule has 39 heavy (non-hydrogen) atoms. The predicted molar refractivity (Wildman–Crippen MR) is 157 cm³/mol. The Morgan fingerprint density at radius 1 is 1.21 bits per heavy atom. The molecule has 0 aliphatic carbocycles. The molecule has 204 valence electrons. The fourth-order valence-electron chi connectivity index (χ4n) is 5.07. The van der Waals surface area contributed by atoms with Crippen molar-refractivity contribution in [3.05, 3.63) is 67.8 Å². The van der Waals surface area contributed by atoms with Crippen LogP contribution in [-0.2, 0) is 27.3 Å². The number of thiocarbonyl (C=S) groups is 1. The van der Waals surface area contributed by atoms with Crippen molar-refractivity contribution in [1.82, 2.24) is 9.47 Å². The van der Waals surface area contributed by atoms with Gasteiger partial charge >= 0.3 is 5.97 Å². The summed E-state index contributed by atoms with van der Waals surface area (Å²) in [5.74, 6) is 0.100. The van der Waals surface area contributed by atoms with Gasteiger partial charge in [-0.1, -0.05) is 54.3 Å². The smallest absolute Gasteiger partial charge is 0.309 e. The zero-order valence-electron chi connectivity index (χ0n) is 22.4. The number of nitriles is 1. The first kappa shape index (κ1) is 28.6. The number of benzene rings is 1. The van der Waals surface area contributed by atoms with Crippen molar-refractivity contribution >= 4 is 52.1 Å². The molecule has 0 bridgehead atoms. The number of hydrogen-bond acceptors (Lipinski definition) is 8. The highest BCUT2D eigenvalue weighted by Crippen LogP contribution is 2.37. The van der Waals surface area contributed by atoms with Crippen LogP contribution in [0, 0.1) is 24.2 Å². The van der Waals surface area contributed by atoms with E-state index in [1.165, 1.54) is 11.8 Å². The van der Waals surface area contributed by atoms with Crippen LogP contribution in [0.1, 0.15) is 48.9 Å². The molecule has 10 heteroatoms. The van der Waals surface area contributed by atoms with Gasteiger partial charge in [0.2, 0.25) is 0 Å². The lowest BCUT2D eigenvalue weighted by Gasteiger charge is -2.35. The van der Waals surface area contributed by atoms with Crippen LogP contribution in [0.3, 0.4) is 0 Å². The minimum absolute atomic E-state index is 0.0628. The number of aromatic nitrogens is 1. The first-order valence-corrected chi connectivity index (χ1v) is 14.4. The zero-order valence-corrected chi connectivity index (χ0v) is 24.1. The molecule has 0 spiro atoms. The third-order valence-electron chi connectivity index (χ3n) is 7.19. The van der Waals surface area contributed by atoms with Crippen LogP contribution in [-0.4, -0.2) is 51.9 Å². The molecule has 4 rings (SSSR count). The van der Waals surface area contributed by atoms with Gasteiger partial charge in [-0.05, 0) is 57.2 Å². The summed E-state index contributed by atoms with van der Waals surface area (Å²) in [7, 11) is 0. The topological polar surface area (TPSA) is 95.6 Å². The van der Waals surface area contributed by atoms with Crippen molar-refractivity contribution < 1.29 is 14.3 Å². The third-order valence-corrected chi connectivity index (χ3v) is 8.57. The van der Waals surface area contributed by atoms with E-state index in [2.05, 4.69) is 11.0 Å².